The van der Waals surface area contributed by atoms with Crippen LogP contribution in [0.3, 0.4) is 0 Å². The van der Waals surface area contributed by atoms with E-state index in [0.717, 1.165) is 0 Å². The van der Waals surface area contributed by atoms with Gasteiger partial charge >= 0.3 is 0 Å². The van der Waals surface area contributed by atoms with Crippen LogP contribution in [0.5, 0.6) is 0 Å². The van der Waals surface area contributed by atoms with Gasteiger partial charge in [-0.3, -0.25) is 4.79 Å². The Balaban J connectivity index is 3.71. The van der Waals surface area contributed by atoms with E-state index in [4.69, 9.17) is 6.42 Å². The quantitative estimate of drug-likeness (QED) is 0.306. The zero-order valence-corrected chi connectivity index (χ0v) is 5.39. The summed E-state index contributed by atoms with van der Waals surface area (Å²) in [7, 11) is 0. The van der Waals surface area contributed by atoms with Crippen molar-refractivity contribution in [3.05, 3.63) is 0 Å². The van der Waals surface area contributed by atoms with E-state index in [2.05, 4.69) is 17.8 Å². The molecule has 0 rings (SSSR count). The predicted octanol–water partition coefficient (Wildman–Crippen LogP) is 0.171. The molecule has 0 N–H and O–H groups in total. The van der Waals surface area contributed by atoms with Gasteiger partial charge in [0.05, 0.1) is 12.8 Å². The Hall–Kier alpha value is -1.54. The van der Waals surface area contributed by atoms with Gasteiger partial charge in [-0.2, -0.15) is 0 Å². The SMILES string of the molecule is C#CCC(=O)C#CCC=O. The predicted molar refractivity (Wildman–Crippen MR) is 36.9 cm³/mol. The lowest BCUT2D eigenvalue weighted by Gasteiger charge is -1.75. The number of hydrogen-bond acceptors (Lipinski definition) is 2. The third-order valence-corrected chi connectivity index (χ3v) is 0.676. The van der Waals surface area contributed by atoms with Gasteiger partial charge in [-0.15, -0.1) is 6.42 Å². The fourth-order valence-corrected chi connectivity index (χ4v) is 0.328. The average Bonchev–Trinajstić information content (AvgIpc) is 1.89. The van der Waals surface area contributed by atoms with Gasteiger partial charge in [0.25, 0.3) is 0 Å². The van der Waals surface area contributed by atoms with Gasteiger partial charge < -0.3 is 4.79 Å². The first-order chi connectivity index (χ1) is 4.81. The first-order valence-electron chi connectivity index (χ1n) is 2.70. The monoisotopic (exact) mass is 134 g/mol. The van der Waals surface area contributed by atoms with E-state index in [1.165, 1.54) is 0 Å². The molecular weight excluding hydrogens is 128 g/mol. The molecule has 0 aliphatic carbocycles. The largest absolute Gasteiger partial charge is 0.302 e. The average molecular weight is 134 g/mol. The normalized spacial score (nSPS) is 6.70. The van der Waals surface area contributed by atoms with Crippen molar-refractivity contribution in [2.45, 2.75) is 12.8 Å². The van der Waals surface area contributed by atoms with Gasteiger partial charge in [0.1, 0.15) is 6.29 Å². The molecule has 0 fully saturated rings. The minimum Gasteiger partial charge on any atom is -0.302 e. The topological polar surface area (TPSA) is 34.1 Å². The van der Waals surface area contributed by atoms with Crippen molar-refractivity contribution >= 4 is 12.1 Å². The summed E-state index contributed by atoms with van der Waals surface area (Å²) in [6.45, 7) is 0. The summed E-state index contributed by atoms with van der Waals surface area (Å²) in [4.78, 5) is 20.2. The summed E-state index contributed by atoms with van der Waals surface area (Å²) in [6.07, 6.45) is 5.57. The molecule has 0 amide bonds. The number of hydrogen-bond donors (Lipinski definition) is 0. The Morgan fingerprint density at radius 1 is 1.60 bits per heavy atom. The zero-order chi connectivity index (χ0) is 7.82. The van der Waals surface area contributed by atoms with Crippen molar-refractivity contribution < 1.29 is 9.59 Å². The zero-order valence-electron chi connectivity index (χ0n) is 5.39. The smallest absolute Gasteiger partial charge is 0.217 e. The van der Waals surface area contributed by atoms with Crippen molar-refractivity contribution in [3.63, 3.8) is 0 Å². The number of carbonyl (C=O) groups excluding carboxylic acids is 2. The minimum absolute atomic E-state index is 0.0197. The van der Waals surface area contributed by atoms with Gasteiger partial charge in [0.2, 0.25) is 5.78 Å². The van der Waals surface area contributed by atoms with E-state index in [1.807, 2.05) is 0 Å². The van der Waals surface area contributed by atoms with Crippen LogP contribution in [-0.4, -0.2) is 12.1 Å². The number of ketones is 1. The molecule has 0 radical (unpaired) electrons. The molecule has 10 heavy (non-hydrogen) atoms. The van der Waals surface area contributed by atoms with Crippen molar-refractivity contribution in [1.82, 2.24) is 0 Å². The highest BCUT2D eigenvalue weighted by atomic mass is 16.1. The molecule has 0 unspecified atom stereocenters. The molecule has 0 bridgehead atoms. The molecule has 0 saturated heterocycles. The van der Waals surface area contributed by atoms with Gasteiger partial charge in [-0.1, -0.05) is 11.8 Å². The summed E-state index contributed by atoms with van der Waals surface area (Å²) in [5.74, 6) is 6.42. The molecule has 0 heterocycles. The van der Waals surface area contributed by atoms with Crippen LogP contribution in [0.25, 0.3) is 0 Å². The second-order valence-electron chi connectivity index (χ2n) is 1.48. The van der Waals surface area contributed by atoms with Crippen molar-refractivity contribution in [2.24, 2.45) is 0 Å². The number of aldehydes is 1. The van der Waals surface area contributed by atoms with Gasteiger partial charge in [-0.05, 0) is 5.92 Å². The number of terminal acetylenes is 1. The lowest BCUT2D eigenvalue weighted by molar-refractivity contribution is -0.112. The third kappa shape index (κ3) is 4.61. The van der Waals surface area contributed by atoms with E-state index in [0.29, 0.717) is 6.29 Å². The standard InChI is InChI=1S/C8H6O2/c1-2-5-8(10)6-3-4-7-9/h1,7H,4-5H2. The molecule has 0 aliphatic rings. The first kappa shape index (κ1) is 8.46. The molecule has 0 atom stereocenters. The van der Waals surface area contributed by atoms with E-state index < -0.39 is 0 Å². The van der Waals surface area contributed by atoms with Crippen LogP contribution in [0.2, 0.25) is 0 Å². The van der Waals surface area contributed by atoms with Crippen LogP contribution in [0.15, 0.2) is 0 Å². The molecule has 0 aliphatic heterocycles. The molecule has 2 nitrogen and oxygen atoms in total. The first-order valence-corrected chi connectivity index (χ1v) is 2.70. The number of carbonyl (C=O) groups is 2. The molecule has 50 valence electrons. The Bertz CT molecular complexity index is 222. The van der Waals surface area contributed by atoms with Crippen LogP contribution in [0, 0.1) is 24.2 Å². The molecule has 2 heteroatoms. The lowest BCUT2D eigenvalue weighted by Crippen LogP contribution is -1.89. The van der Waals surface area contributed by atoms with Crippen LogP contribution < -0.4 is 0 Å². The fraction of sp³-hybridized carbons (Fsp3) is 0.250. The Morgan fingerprint density at radius 3 is 2.80 bits per heavy atom. The summed E-state index contributed by atoms with van der Waals surface area (Å²) >= 11 is 0. The summed E-state index contributed by atoms with van der Waals surface area (Å²) in [5.41, 5.74) is 0. The van der Waals surface area contributed by atoms with Crippen LogP contribution >= 0.6 is 0 Å². The van der Waals surface area contributed by atoms with Crippen molar-refractivity contribution in [3.8, 4) is 24.2 Å². The molecular formula is C8H6O2. The van der Waals surface area contributed by atoms with Crippen LogP contribution in [-0.2, 0) is 9.59 Å². The molecule has 0 aromatic rings. The maximum atomic E-state index is 10.5. The van der Waals surface area contributed by atoms with Gasteiger partial charge in [0, 0.05) is 0 Å². The van der Waals surface area contributed by atoms with Gasteiger partial charge in [0.15, 0.2) is 0 Å². The number of Topliss-reactive ketones (excluding diaryl/α,β-unsaturated/α-hetero) is 1. The highest BCUT2D eigenvalue weighted by Crippen LogP contribution is 1.76. The van der Waals surface area contributed by atoms with Gasteiger partial charge in [-0.25, -0.2) is 0 Å². The van der Waals surface area contributed by atoms with E-state index >= 15 is 0 Å². The second-order valence-corrected chi connectivity index (χ2v) is 1.48. The van der Waals surface area contributed by atoms with Crippen LogP contribution in [0.1, 0.15) is 12.8 Å². The lowest BCUT2D eigenvalue weighted by atomic mass is 10.3. The van der Waals surface area contributed by atoms with Crippen molar-refractivity contribution in [2.75, 3.05) is 0 Å². The Kier molecular flexibility index (Phi) is 4.73. The molecule has 0 spiro atoms. The highest BCUT2D eigenvalue weighted by molar-refractivity contribution is 5.97. The maximum absolute atomic E-state index is 10.5. The second kappa shape index (κ2) is 5.59. The van der Waals surface area contributed by atoms with E-state index in [-0.39, 0.29) is 18.6 Å². The van der Waals surface area contributed by atoms with Crippen molar-refractivity contribution in [1.29, 1.82) is 0 Å². The van der Waals surface area contributed by atoms with E-state index in [1.54, 1.807) is 0 Å². The van der Waals surface area contributed by atoms with Crippen LogP contribution in [0.4, 0.5) is 0 Å². The maximum Gasteiger partial charge on any atom is 0.217 e. The number of rotatable bonds is 2. The fourth-order valence-electron chi connectivity index (χ4n) is 0.328. The summed E-state index contributed by atoms with van der Waals surface area (Å²) < 4.78 is 0. The summed E-state index contributed by atoms with van der Waals surface area (Å²) in [6, 6.07) is 0. The van der Waals surface area contributed by atoms with E-state index in [9.17, 15) is 9.59 Å². The molecule has 0 saturated carbocycles. The highest BCUT2D eigenvalue weighted by Gasteiger charge is 1.88. The molecule has 0 aromatic heterocycles. The minimum atomic E-state index is -0.315. The Morgan fingerprint density at radius 2 is 2.30 bits per heavy atom. The molecule has 0 aromatic carbocycles. The summed E-state index contributed by atoms with van der Waals surface area (Å²) in [5, 5.41) is 0. The Labute approximate surface area is 59.6 Å². The third-order valence-electron chi connectivity index (χ3n) is 0.676.